The first kappa shape index (κ1) is 20.1. The van der Waals surface area contributed by atoms with Gasteiger partial charge in [-0.05, 0) is 55.0 Å². The Kier molecular flexibility index (Phi) is 6.63. The van der Waals surface area contributed by atoms with Gasteiger partial charge in [-0.1, -0.05) is 30.3 Å². The zero-order valence-electron chi connectivity index (χ0n) is 16.2. The van der Waals surface area contributed by atoms with E-state index in [-0.39, 0.29) is 11.3 Å². The fourth-order valence-electron chi connectivity index (χ4n) is 2.94. The predicted octanol–water partition coefficient (Wildman–Crippen LogP) is 4.52. The molecule has 1 N–H and O–H groups in total. The molecule has 0 amide bonds. The summed E-state index contributed by atoms with van der Waals surface area (Å²) >= 11 is 0. The van der Waals surface area contributed by atoms with Crippen LogP contribution >= 0.6 is 0 Å². The summed E-state index contributed by atoms with van der Waals surface area (Å²) in [4.78, 5) is 25.4. The van der Waals surface area contributed by atoms with Gasteiger partial charge in [-0.15, -0.1) is 0 Å². The van der Waals surface area contributed by atoms with Crippen molar-refractivity contribution in [1.29, 1.82) is 0 Å². The van der Waals surface area contributed by atoms with Gasteiger partial charge in [-0.3, -0.25) is 4.79 Å². The molecule has 0 aliphatic heterocycles. The zero-order valence-corrected chi connectivity index (χ0v) is 16.2. The minimum absolute atomic E-state index is 0.00677. The maximum absolute atomic E-state index is 12.4. The third-order valence-electron chi connectivity index (χ3n) is 4.61. The van der Waals surface area contributed by atoms with Crippen molar-refractivity contribution in [3.63, 3.8) is 0 Å². The summed E-state index contributed by atoms with van der Waals surface area (Å²) < 4.78 is 5.77. The highest BCUT2D eigenvalue weighted by Gasteiger charge is 2.08. The molecule has 5 heteroatoms. The van der Waals surface area contributed by atoms with Crippen molar-refractivity contribution in [2.24, 2.45) is 0 Å². The minimum Gasteiger partial charge on any atom is -0.494 e. The van der Waals surface area contributed by atoms with Crippen molar-refractivity contribution in [1.82, 2.24) is 0 Å². The molecule has 0 heterocycles. The van der Waals surface area contributed by atoms with Crippen LogP contribution in [-0.4, -0.2) is 37.1 Å². The largest absolute Gasteiger partial charge is 0.494 e. The van der Waals surface area contributed by atoms with Crippen molar-refractivity contribution in [3.05, 3.63) is 95.6 Å². The second kappa shape index (κ2) is 9.55. The summed E-state index contributed by atoms with van der Waals surface area (Å²) in [7, 11) is 1.96. The number of carboxylic acid groups (broad SMARTS) is 1. The lowest BCUT2D eigenvalue weighted by atomic mass is 10.0. The van der Waals surface area contributed by atoms with Gasteiger partial charge in [0.25, 0.3) is 0 Å². The Morgan fingerprint density at radius 1 is 0.828 bits per heavy atom. The number of ether oxygens (including phenoxy) is 1. The molecular formula is C24H23NO4. The molecule has 148 valence electrons. The third-order valence-corrected chi connectivity index (χ3v) is 4.61. The lowest BCUT2D eigenvalue weighted by Gasteiger charge is -2.19. The predicted molar refractivity (Wildman–Crippen MR) is 113 cm³/mol. The molecular weight excluding hydrogens is 366 g/mol. The topological polar surface area (TPSA) is 66.8 Å². The second-order valence-electron chi connectivity index (χ2n) is 6.70. The molecule has 3 rings (SSSR count). The van der Waals surface area contributed by atoms with Crippen LogP contribution in [0.4, 0.5) is 5.69 Å². The molecule has 0 aromatic heterocycles. The molecule has 0 unspecified atom stereocenters. The van der Waals surface area contributed by atoms with Crippen LogP contribution in [0.1, 0.15) is 32.7 Å². The molecule has 29 heavy (non-hydrogen) atoms. The quantitative estimate of drug-likeness (QED) is 0.430. The number of anilines is 1. The van der Waals surface area contributed by atoms with E-state index in [9.17, 15) is 9.59 Å². The molecule has 0 saturated heterocycles. The highest BCUT2D eigenvalue weighted by molar-refractivity contribution is 6.08. The van der Waals surface area contributed by atoms with Crippen molar-refractivity contribution in [2.45, 2.75) is 6.42 Å². The Balaban J connectivity index is 1.45. The van der Waals surface area contributed by atoms with Crippen LogP contribution in [0.5, 0.6) is 5.75 Å². The number of benzene rings is 3. The SMILES string of the molecule is CN(CCCOc1ccc(C(=O)c2ccccc2)cc1)c1ccc(C(=O)O)cc1. The van der Waals surface area contributed by atoms with E-state index in [0.29, 0.717) is 17.7 Å². The van der Waals surface area contributed by atoms with Gasteiger partial charge in [0.15, 0.2) is 5.78 Å². The molecule has 5 nitrogen and oxygen atoms in total. The van der Waals surface area contributed by atoms with Crippen LogP contribution in [-0.2, 0) is 0 Å². The van der Waals surface area contributed by atoms with Crippen LogP contribution in [0.2, 0.25) is 0 Å². The van der Waals surface area contributed by atoms with Crippen molar-refractivity contribution >= 4 is 17.4 Å². The van der Waals surface area contributed by atoms with Gasteiger partial charge in [-0.25, -0.2) is 4.79 Å². The fraction of sp³-hybridized carbons (Fsp3) is 0.167. The number of rotatable bonds is 9. The van der Waals surface area contributed by atoms with Crippen molar-refractivity contribution in [3.8, 4) is 5.75 Å². The summed E-state index contributed by atoms with van der Waals surface area (Å²) in [5.74, 6) is -0.208. The average molecular weight is 389 g/mol. The van der Waals surface area contributed by atoms with Crippen molar-refractivity contribution in [2.75, 3.05) is 25.1 Å². The molecule has 0 bridgehead atoms. The van der Waals surface area contributed by atoms with Crippen LogP contribution in [0, 0.1) is 0 Å². The number of aromatic carboxylic acids is 1. The number of hydrogen-bond acceptors (Lipinski definition) is 4. The van der Waals surface area contributed by atoms with E-state index in [2.05, 4.69) is 4.90 Å². The van der Waals surface area contributed by atoms with E-state index in [0.717, 1.165) is 24.4 Å². The van der Waals surface area contributed by atoms with Crippen molar-refractivity contribution < 1.29 is 19.4 Å². The lowest BCUT2D eigenvalue weighted by molar-refractivity contribution is 0.0696. The summed E-state index contributed by atoms with van der Waals surface area (Å²) in [6.07, 6.45) is 0.807. The first-order valence-electron chi connectivity index (χ1n) is 9.42. The Bertz CT molecular complexity index is 950. The molecule has 0 spiro atoms. The smallest absolute Gasteiger partial charge is 0.335 e. The average Bonchev–Trinajstić information content (AvgIpc) is 2.77. The highest BCUT2D eigenvalue weighted by Crippen LogP contribution is 2.17. The Morgan fingerprint density at radius 2 is 1.41 bits per heavy atom. The molecule has 0 radical (unpaired) electrons. The first-order valence-corrected chi connectivity index (χ1v) is 9.42. The first-order chi connectivity index (χ1) is 14.0. The van der Waals surface area contributed by atoms with Gasteiger partial charge in [0.2, 0.25) is 0 Å². The molecule has 3 aromatic rings. The van der Waals surface area contributed by atoms with Crippen LogP contribution in [0.15, 0.2) is 78.9 Å². The maximum atomic E-state index is 12.4. The van der Waals surface area contributed by atoms with E-state index in [1.165, 1.54) is 0 Å². The molecule has 0 atom stereocenters. The number of ketones is 1. The number of hydrogen-bond donors (Lipinski definition) is 1. The van der Waals surface area contributed by atoms with Gasteiger partial charge < -0.3 is 14.7 Å². The molecule has 3 aromatic carbocycles. The van der Waals surface area contributed by atoms with E-state index in [4.69, 9.17) is 9.84 Å². The summed E-state index contributed by atoms with van der Waals surface area (Å²) in [5, 5.41) is 8.95. The molecule has 0 saturated carbocycles. The van der Waals surface area contributed by atoms with Gasteiger partial charge in [0.05, 0.1) is 12.2 Å². The number of carbonyl (C=O) groups excluding carboxylic acids is 1. The van der Waals surface area contributed by atoms with Gasteiger partial charge in [0, 0.05) is 30.4 Å². The van der Waals surface area contributed by atoms with E-state index in [1.807, 2.05) is 37.4 Å². The summed E-state index contributed by atoms with van der Waals surface area (Å²) in [5.41, 5.74) is 2.53. The fourth-order valence-corrected chi connectivity index (χ4v) is 2.94. The van der Waals surface area contributed by atoms with E-state index >= 15 is 0 Å². The zero-order chi connectivity index (χ0) is 20.6. The summed E-state index contributed by atoms with van der Waals surface area (Å²) in [6.45, 7) is 1.32. The molecule has 0 aliphatic carbocycles. The lowest BCUT2D eigenvalue weighted by Crippen LogP contribution is -2.20. The highest BCUT2D eigenvalue weighted by atomic mass is 16.5. The maximum Gasteiger partial charge on any atom is 0.335 e. The van der Waals surface area contributed by atoms with Crippen LogP contribution in [0.3, 0.4) is 0 Å². The Labute approximate surface area is 170 Å². The number of carbonyl (C=O) groups is 2. The van der Waals surface area contributed by atoms with E-state index in [1.54, 1.807) is 48.5 Å². The minimum atomic E-state index is -0.927. The Hall–Kier alpha value is -3.60. The van der Waals surface area contributed by atoms with Crippen LogP contribution < -0.4 is 9.64 Å². The molecule has 0 aliphatic rings. The van der Waals surface area contributed by atoms with Gasteiger partial charge in [-0.2, -0.15) is 0 Å². The second-order valence-corrected chi connectivity index (χ2v) is 6.70. The monoisotopic (exact) mass is 389 g/mol. The number of nitrogens with zero attached hydrogens (tertiary/aromatic N) is 1. The van der Waals surface area contributed by atoms with Gasteiger partial charge in [0.1, 0.15) is 5.75 Å². The van der Waals surface area contributed by atoms with Crippen LogP contribution in [0.25, 0.3) is 0 Å². The normalized spacial score (nSPS) is 10.4. The van der Waals surface area contributed by atoms with E-state index < -0.39 is 5.97 Å². The molecule has 0 fully saturated rings. The summed E-state index contributed by atoms with van der Waals surface area (Å²) in [6, 6.07) is 23.2. The standard InChI is InChI=1S/C24H23NO4/c1-25(21-12-8-20(9-13-21)24(27)28)16-5-17-29-22-14-10-19(11-15-22)23(26)18-6-3-2-4-7-18/h2-4,6-15H,5,16-17H2,1H3,(H,27,28). The van der Waals surface area contributed by atoms with Gasteiger partial charge >= 0.3 is 5.97 Å². The Morgan fingerprint density at radius 3 is 2.03 bits per heavy atom. The number of carboxylic acids is 1. The third kappa shape index (κ3) is 5.45.